The topological polar surface area (TPSA) is 54.9 Å². The summed E-state index contributed by atoms with van der Waals surface area (Å²) in [4.78, 5) is 11.8. The molecule has 0 aliphatic heterocycles. The van der Waals surface area contributed by atoms with Gasteiger partial charge in [-0.05, 0) is 39.0 Å². The van der Waals surface area contributed by atoms with Gasteiger partial charge >= 0.3 is 0 Å². The highest BCUT2D eigenvalue weighted by molar-refractivity contribution is 8.01. The zero-order valence-electron chi connectivity index (χ0n) is 12.3. The van der Waals surface area contributed by atoms with Crippen molar-refractivity contribution in [1.29, 1.82) is 0 Å². The molecule has 0 radical (unpaired) electrons. The van der Waals surface area contributed by atoms with Gasteiger partial charge in [0.15, 0.2) is 4.34 Å². The van der Waals surface area contributed by atoms with E-state index in [1.54, 1.807) is 12.1 Å². The maximum absolute atomic E-state index is 11.8. The first-order chi connectivity index (χ1) is 10.2. The predicted octanol–water partition coefficient (Wildman–Crippen LogP) is 4.52. The van der Waals surface area contributed by atoms with Gasteiger partial charge < -0.3 is 5.32 Å². The summed E-state index contributed by atoms with van der Waals surface area (Å²) < 4.78 is 0.727. The third kappa shape index (κ3) is 5.12. The van der Waals surface area contributed by atoms with Gasteiger partial charge in [0.25, 0.3) is 0 Å². The minimum atomic E-state index is -0.235. The minimum absolute atomic E-state index is 0.0289. The Hall–Kier alpha value is -0.820. The monoisotopic (exact) mass is 375 g/mol. The van der Waals surface area contributed by atoms with Crippen LogP contribution >= 0.6 is 46.3 Å². The number of aromatic nitrogens is 2. The molecule has 0 saturated carbocycles. The number of nitrogens with one attached hydrogen (secondary N) is 1. The largest absolute Gasteiger partial charge is 0.351 e. The van der Waals surface area contributed by atoms with Crippen LogP contribution in [0.2, 0.25) is 10.0 Å². The third-order valence-electron chi connectivity index (χ3n) is 2.41. The molecular weight excluding hydrogens is 361 g/mol. The van der Waals surface area contributed by atoms with Crippen molar-refractivity contribution in [2.45, 2.75) is 30.6 Å². The quantitative estimate of drug-likeness (QED) is 0.798. The van der Waals surface area contributed by atoms with Crippen LogP contribution in [0.25, 0.3) is 10.6 Å². The van der Waals surface area contributed by atoms with Gasteiger partial charge in [0.1, 0.15) is 5.01 Å². The van der Waals surface area contributed by atoms with Crippen LogP contribution in [0.3, 0.4) is 0 Å². The normalized spacial score (nSPS) is 11.5. The molecule has 0 unspecified atom stereocenters. The number of hydrogen-bond acceptors (Lipinski definition) is 5. The highest BCUT2D eigenvalue weighted by Gasteiger charge is 2.15. The van der Waals surface area contributed by atoms with Gasteiger partial charge in [-0.1, -0.05) is 46.3 Å². The van der Waals surface area contributed by atoms with E-state index in [2.05, 4.69) is 15.5 Å². The lowest BCUT2D eigenvalue weighted by Crippen LogP contribution is -2.41. The molecule has 2 rings (SSSR count). The van der Waals surface area contributed by atoms with Crippen LogP contribution in [0.4, 0.5) is 0 Å². The molecule has 0 fully saturated rings. The lowest BCUT2D eigenvalue weighted by Gasteiger charge is -2.19. The molecule has 0 bridgehead atoms. The van der Waals surface area contributed by atoms with Crippen molar-refractivity contribution in [3.63, 3.8) is 0 Å². The van der Waals surface area contributed by atoms with E-state index in [1.807, 2.05) is 26.8 Å². The van der Waals surface area contributed by atoms with Crippen LogP contribution < -0.4 is 5.32 Å². The van der Waals surface area contributed by atoms with Crippen LogP contribution in [0.5, 0.6) is 0 Å². The number of rotatable bonds is 4. The molecule has 4 nitrogen and oxygen atoms in total. The van der Waals surface area contributed by atoms with E-state index < -0.39 is 0 Å². The van der Waals surface area contributed by atoms with Gasteiger partial charge in [0, 0.05) is 16.1 Å². The number of nitrogens with zero attached hydrogens (tertiary/aromatic N) is 2. The first kappa shape index (κ1) is 17.5. The highest BCUT2D eigenvalue weighted by Crippen LogP contribution is 2.34. The van der Waals surface area contributed by atoms with Gasteiger partial charge in [0.05, 0.1) is 10.8 Å². The van der Waals surface area contributed by atoms with Gasteiger partial charge in [-0.15, -0.1) is 10.2 Å². The Labute approximate surface area is 147 Å². The number of thioether (sulfide) groups is 1. The molecule has 1 amide bonds. The Morgan fingerprint density at radius 1 is 1.32 bits per heavy atom. The average Bonchev–Trinajstić information content (AvgIpc) is 2.83. The summed E-state index contributed by atoms with van der Waals surface area (Å²) in [5.74, 6) is 0.277. The standard InChI is InChI=1S/C14H15Cl2N3OS2/c1-14(2,3)17-11(20)7-21-13-19-18-12(22-13)9-5-4-8(15)6-10(9)16/h4-6H,7H2,1-3H3,(H,17,20). The van der Waals surface area contributed by atoms with Crippen molar-refractivity contribution >= 4 is 52.2 Å². The van der Waals surface area contributed by atoms with Crippen molar-refractivity contribution < 1.29 is 4.79 Å². The molecule has 22 heavy (non-hydrogen) atoms. The minimum Gasteiger partial charge on any atom is -0.351 e. The van der Waals surface area contributed by atoms with Crippen LogP contribution in [-0.2, 0) is 4.79 Å². The number of carbonyl (C=O) groups is 1. The molecule has 0 spiro atoms. The number of amides is 1. The first-order valence-electron chi connectivity index (χ1n) is 6.47. The molecule has 1 N–H and O–H groups in total. The second-order valence-corrected chi connectivity index (χ2v) is 8.63. The molecule has 0 saturated heterocycles. The first-order valence-corrected chi connectivity index (χ1v) is 9.03. The maximum Gasteiger partial charge on any atom is 0.230 e. The van der Waals surface area contributed by atoms with Crippen molar-refractivity contribution in [1.82, 2.24) is 15.5 Å². The summed E-state index contributed by atoms with van der Waals surface area (Å²) in [5.41, 5.74) is 0.551. The summed E-state index contributed by atoms with van der Waals surface area (Å²) in [5, 5.41) is 12.9. The SMILES string of the molecule is CC(C)(C)NC(=O)CSc1nnc(-c2ccc(Cl)cc2Cl)s1. The Kier molecular flexibility index (Phi) is 5.71. The highest BCUT2D eigenvalue weighted by atomic mass is 35.5. The smallest absolute Gasteiger partial charge is 0.230 e. The number of hydrogen-bond donors (Lipinski definition) is 1. The molecule has 0 aliphatic carbocycles. The predicted molar refractivity (Wildman–Crippen MR) is 94.0 cm³/mol. The zero-order chi connectivity index (χ0) is 16.3. The van der Waals surface area contributed by atoms with Crippen molar-refractivity contribution in [3.05, 3.63) is 28.2 Å². The maximum atomic E-state index is 11.8. The fourth-order valence-corrected chi connectivity index (χ4v) is 3.87. The molecule has 1 heterocycles. The summed E-state index contributed by atoms with van der Waals surface area (Å²) in [6, 6.07) is 5.24. The van der Waals surface area contributed by atoms with Crippen LogP contribution in [0.1, 0.15) is 20.8 Å². The van der Waals surface area contributed by atoms with E-state index in [4.69, 9.17) is 23.2 Å². The van der Waals surface area contributed by atoms with Gasteiger partial charge in [-0.3, -0.25) is 4.79 Å². The van der Waals surface area contributed by atoms with Gasteiger partial charge in [-0.2, -0.15) is 0 Å². The van der Waals surface area contributed by atoms with E-state index in [9.17, 15) is 4.79 Å². The van der Waals surface area contributed by atoms with Gasteiger partial charge in [0.2, 0.25) is 5.91 Å². The molecule has 1 aromatic heterocycles. The average molecular weight is 376 g/mol. The third-order valence-corrected chi connectivity index (χ3v) is 5.05. The Bertz CT molecular complexity index is 683. The van der Waals surface area contributed by atoms with E-state index in [0.29, 0.717) is 20.8 Å². The molecule has 2 aromatic rings. The second-order valence-electron chi connectivity index (χ2n) is 5.58. The van der Waals surface area contributed by atoms with Crippen LogP contribution in [-0.4, -0.2) is 27.4 Å². The van der Waals surface area contributed by atoms with Crippen molar-refractivity contribution in [2.75, 3.05) is 5.75 Å². The molecule has 118 valence electrons. The van der Waals surface area contributed by atoms with E-state index in [1.165, 1.54) is 23.1 Å². The fourth-order valence-electron chi connectivity index (χ4n) is 1.62. The number of benzene rings is 1. The van der Waals surface area contributed by atoms with Crippen molar-refractivity contribution in [3.8, 4) is 10.6 Å². The van der Waals surface area contributed by atoms with Crippen LogP contribution in [0, 0.1) is 0 Å². The lowest BCUT2D eigenvalue weighted by molar-refractivity contribution is -0.119. The number of halogens is 2. The van der Waals surface area contributed by atoms with Crippen molar-refractivity contribution in [2.24, 2.45) is 0 Å². The summed E-state index contributed by atoms with van der Waals surface area (Å²) >= 11 is 14.8. The zero-order valence-corrected chi connectivity index (χ0v) is 15.5. The fraction of sp³-hybridized carbons (Fsp3) is 0.357. The molecular formula is C14H15Cl2N3OS2. The Balaban J connectivity index is 2.01. The van der Waals surface area contributed by atoms with Crippen LogP contribution in [0.15, 0.2) is 22.5 Å². The summed E-state index contributed by atoms with van der Waals surface area (Å²) in [6.07, 6.45) is 0. The van der Waals surface area contributed by atoms with E-state index in [0.717, 1.165) is 9.90 Å². The van der Waals surface area contributed by atoms with Gasteiger partial charge in [-0.25, -0.2) is 0 Å². The molecule has 8 heteroatoms. The second kappa shape index (κ2) is 7.17. The Morgan fingerprint density at radius 3 is 2.68 bits per heavy atom. The molecule has 1 aromatic carbocycles. The summed E-state index contributed by atoms with van der Waals surface area (Å²) in [7, 11) is 0. The van der Waals surface area contributed by atoms with E-state index in [-0.39, 0.29) is 11.4 Å². The Morgan fingerprint density at radius 2 is 2.05 bits per heavy atom. The lowest BCUT2D eigenvalue weighted by atomic mass is 10.1. The van der Waals surface area contributed by atoms with E-state index >= 15 is 0 Å². The molecule has 0 atom stereocenters. The summed E-state index contributed by atoms with van der Waals surface area (Å²) in [6.45, 7) is 5.84. The molecule has 0 aliphatic rings. The number of carbonyl (C=O) groups excluding carboxylic acids is 1.